The van der Waals surface area contributed by atoms with Gasteiger partial charge < -0.3 is 40.1 Å². The second-order valence-corrected chi connectivity index (χ2v) is 11.4. The highest BCUT2D eigenvalue weighted by Crippen LogP contribution is 2.52. The highest BCUT2D eigenvalue weighted by Gasteiger charge is 2.48. The fraction of sp³-hybridized carbons (Fsp3) is 0.462. The zero-order chi connectivity index (χ0) is 26.8. The number of nitrogens with one attached hydrogen (secondary N) is 1. The van der Waals surface area contributed by atoms with Gasteiger partial charge in [0.05, 0.1) is 44.7 Å². The largest absolute Gasteiger partial charge is 0.507 e. The molecule has 37 heavy (non-hydrogen) atoms. The van der Waals surface area contributed by atoms with Crippen LogP contribution < -0.4 is 0 Å². The van der Waals surface area contributed by atoms with E-state index in [-0.39, 0.29) is 59.4 Å². The number of aliphatic hydroxyl groups excluding tert-OH is 3. The van der Waals surface area contributed by atoms with Gasteiger partial charge in [-0.1, -0.05) is 46.9 Å². The summed E-state index contributed by atoms with van der Waals surface area (Å²) in [5.74, 6) is -1.43. The number of ether oxygens (including phenoxy) is 2. The lowest BCUT2D eigenvalue weighted by Crippen LogP contribution is -2.55. The van der Waals surface area contributed by atoms with Crippen molar-refractivity contribution in [3.8, 4) is 11.5 Å². The van der Waals surface area contributed by atoms with Crippen LogP contribution in [0.5, 0.6) is 11.5 Å². The zero-order valence-corrected chi connectivity index (χ0v) is 22.0. The van der Waals surface area contributed by atoms with Crippen LogP contribution in [0.4, 0.5) is 0 Å². The number of phenolic OH excluding ortho intramolecular Hbond substituents is 2. The minimum Gasteiger partial charge on any atom is -0.507 e. The second kappa shape index (κ2) is 9.56. The van der Waals surface area contributed by atoms with Crippen LogP contribution in [-0.2, 0) is 15.9 Å². The minimum absolute atomic E-state index is 0.0558. The number of fused-ring (bicyclic) bond motifs is 3. The molecule has 5 rings (SSSR count). The smallest absolute Gasteiger partial charge is 0.198 e. The standard InChI is InChI=1S/C26H28INO9/c1-10-20(30)24(34)18(27)25(36-10)37-14-9-26(35,6-7-29)8-13-15(14)23(33)17-16(22(13)32)19(28)11-4-2-3-5-12(11)21(17)31/h2-5,10,14,18,20,24-25,28-30,32-35H,6-9H2,1H3/t10-,14+,18-,20-,24+,25+,26+/m1/s1. The second-order valence-electron chi connectivity index (χ2n) is 9.93. The van der Waals surface area contributed by atoms with Crippen molar-refractivity contribution in [3.63, 3.8) is 0 Å². The molecule has 1 aliphatic heterocycles. The maximum atomic E-state index is 13.4. The summed E-state index contributed by atoms with van der Waals surface area (Å²) in [5, 5.41) is 73.1. The number of benzene rings is 2. The van der Waals surface area contributed by atoms with Gasteiger partial charge in [-0.05, 0) is 13.3 Å². The zero-order valence-electron chi connectivity index (χ0n) is 19.9. The predicted molar refractivity (Wildman–Crippen MR) is 139 cm³/mol. The monoisotopic (exact) mass is 625 g/mol. The lowest BCUT2D eigenvalue weighted by Gasteiger charge is -2.44. The van der Waals surface area contributed by atoms with E-state index in [9.17, 15) is 35.4 Å². The van der Waals surface area contributed by atoms with Crippen LogP contribution in [0.2, 0.25) is 0 Å². The number of aliphatic hydroxyl groups is 4. The molecule has 2 aromatic carbocycles. The van der Waals surface area contributed by atoms with E-state index >= 15 is 0 Å². The average molecular weight is 625 g/mol. The van der Waals surface area contributed by atoms with Gasteiger partial charge in [-0.2, -0.15) is 0 Å². The van der Waals surface area contributed by atoms with Gasteiger partial charge in [0.2, 0.25) is 0 Å². The van der Waals surface area contributed by atoms with E-state index in [4.69, 9.17) is 14.9 Å². The van der Waals surface area contributed by atoms with Crippen LogP contribution in [-0.4, -0.2) is 82.9 Å². The number of halogens is 1. The molecule has 0 saturated carbocycles. The molecular weight excluding hydrogens is 597 g/mol. The molecule has 0 spiro atoms. The Labute approximate surface area is 226 Å². The van der Waals surface area contributed by atoms with Crippen LogP contribution in [0.3, 0.4) is 0 Å². The molecule has 3 aliphatic rings. The van der Waals surface area contributed by atoms with Crippen molar-refractivity contribution in [1.29, 1.82) is 5.41 Å². The first kappa shape index (κ1) is 26.5. The number of rotatable bonds is 4. The summed E-state index contributed by atoms with van der Waals surface area (Å²) in [6, 6.07) is 6.45. The normalized spacial score (nSPS) is 33.0. The predicted octanol–water partition coefficient (Wildman–Crippen LogP) is 1.45. The Morgan fingerprint density at radius 3 is 2.49 bits per heavy atom. The average Bonchev–Trinajstić information content (AvgIpc) is 2.86. The summed E-state index contributed by atoms with van der Waals surface area (Å²) in [6.45, 7) is 1.22. The number of alkyl halides is 1. The topological polar surface area (TPSA) is 181 Å². The molecule has 0 radical (unpaired) electrons. The molecule has 2 aromatic rings. The number of aromatic hydroxyl groups is 2. The summed E-state index contributed by atoms with van der Waals surface area (Å²) in [7, 11) is 0. The third-order valence-corrected chi connectivity index (χ3v) is 8.87. The van der Waals surface area contributed by atoms with Crippen molar-refractivity contribution in [3.05, 3.63) is 57.6 Å². The van der Waals surface area contributed by atoms with Gasteiger partial charge in [0.15, 0.2) is 12.1 Å². The molecule has 7 atom stereocenters. The summed E-state index contributed by atoms with van der Waals surface area (Å²) in [6.07, 6.45) is -5.56. The van der Waals surface area contributed by atoms with Gasteiger partial charge in [-0.3, -0.25) is 10.2 Å². The molecule has 198 valence electrons. The number of carbonyl (C=O) groups excluding carboxylic acids is 1. The Bertz CT molecular complexity index is 1280. The van der Waals surface area contributed by atoms with Crippen molar-refractivity contribution in [1.82, 2.24) is 0 Å². The van der Waals surface area contributed by atoms with Crippen LogP contribution >= 0.6 is 22.6 Å². The summed E-state index contributed by atoms with van der Waals surface area (Å²) in [5.41, 5.74) is -1.30. The Kier molecular flexibility index (Phi) is 6.84. The van der Waals surface area contributed by atoms with Crippen molar-refractivity contribution >= 4 is 34.1 Å². The first-order valence-corrected chi connectivity index (χ1v) is 13.2. The first-order chi connectivity index (χ1) is 17.5. The van der Waals surface area contributed by atoms with E-state index in [0.29, 0.717) is 5.56 Å². The SMILES string of the molecule is C[C@H]1O[C@@H](O[C@H]2C[C@](O)(CCO)Cc3c(O)c4c(c(O)c32)C(=O)c2ccccc2C4=N)[C@H](I)[C@H](O)[C@@H]1O. The molecule has 0 unspecified atom stereocenters. The maximum absolute atomic E-state index is 13.4. The molecule has 0 bridgehead atoms. The van der Waals surface area contributed by atoms with E-state index in [1.807, 2.05) is 22.6 Å². The van der Waals surface area contributed by atoms with E-state index in [2.05, 4.69) is 0 Å². The van der Waals surface area contributed by atoms with Gasteiger partial charge in [0.25, 0.3) is 0 Å². The molecule has 10 nitrogen and oxygen atoms in total. The minimum atomic E-state index is -1.54. The van der Waals surface area contributed by atoms with E-state index in [1.54, 1.807) is 31.2 Å². The van der Waals surface area contributed by atoms with Crippen molar-refractivity contribution < 1.29 is 44.9 Å². The van der Waals surface area contributed by atoms with Gasteiger partial charge in [-0.15, -0.1) is 0 Å². The Balaban J connectivity index is 1.66. The summed E-state index contributed by atoms with van der Waals surface area (Å²) in [4.78, 5) is 13.4. The molecule has 1 heterocycles. The summed E-state index contributed by atoms with van der Waals surface area (Å²) < 4.78 is 11.2. The quantitative estimate of drug-likeness (QED) is 0.128. The van der Waals surface area contributed by atoms with Crippen molar-refractivity contribution in [2.75, 3.05) is 6.61 Å². The molecule has 11 heteroatoms. The first-order valence-electron chi connectivity index (χ1n) is 12.0. The van der Waals surface area contributed by atoms with E-state index < -0.39 is 57.5 Å². The fourth-order valence-corrected chi connectivity index (χ4v) is 6.34. The number of ketones is 1. The number of hydrogen-bond acceptors (Lipinski definition) is 10. The Morgan fingerprint density at radius 2 is 1.81 bits per heavy atom. The third-order valence-electron chi connectivity index (χ3n) is 7.54. The molecule has 0 amide bonds. The number of hydrogen-bond donors (Lipinski definition) is 7. The van der Waals surface area contributed by atoms with Crippen LogP contribution in [0.25, 0.3) is 0 Å². The van der Waals surface area contributed by atoms with Gasteiger partial charge in [0, 0.05) is 41.7 Å². The number of phenols is 2. The summed E-state index contributed by atoms with van der Waals surface area (Å²) >= 11 is 1.89. The van der Waals surface area contributed by atoms with Gasteiger partial charge in [0.1, 0.15) is 17.6 Å². The van der Waals surface area contributed by atoms with Crippen LogP contribution in [0.1, 0.15) is 64.0 Å². The van der Waals surface area contributed by atoms with Gasteiger partial charge in [-0.25, -0.2) is 0 Å². The molecule has 0 aromatic heterocycles. The highest BCUT2D eigenvalue weighted by atomic mass is 127. The lowest BCUT2D eigenvalue weighted by atomic mass is 9.72. The van der Waals surface area contributed by atoms with E-state index in [0.717, 1.165) is 0 Å². The number of carbonyl (C=O) groups is 1. The van der Waals surface area contributed by atoms with Crippen LogP contribution in [0, 0.1) is 5.41 Å². The highest BCUT2D eigenvalue weighted by molar-refractivity contribution is 14.1. The Morgan fingerprint density at radius 1 is 1.14 bits per heavy atom. The van der Waals surface area contributed by atoms with Crippen molar-refractivity contribution in [2.45, 2.75) is 66.4 Å². The maximum Gasteiger partial charge on any atom is 0.198 e. The molecule has 1 fully saturated rings. The lowest BCUT2D eigenvalue weighted by molar-refractivity contribution is -0.259. The van der Waals surface area contributed by atoms with Crippen LogP contribution in [0.15, 0.2) is 24.3 Å². The molecule has 2 aliphatic carbocycles. The van der Waals surface area contributed by atoms with Gasteiger partial charge >= 0.3 is 0 Å². The van der Waals surface area contributed by atoms with Crippen molar-refractivity contribution in [2.24, 2.45) is 0 Å². The fourth-order valence-electron chi connectivity index (χ4n) is 5.58. The Hall–Kier alpha value is -2.13. The molecule has 1 saturated heterocycles. The molecular formula is C26H28INO9. The molecule has 7 N–H and O–H groups in total. The van der Waals surface area contributed by atoms with E-state index in [1.165, 1.54) is 0 Å². The third kappa shape index (κ3) is 4.17.